The first-order valence-electron chi connectivity index (χ1n) is 6.33. The van der Waals surface area contributed by atoms with Gasteiger partial charge in [-0.1, -0.05) is 18.8 Å². The number of nitrogens with zero attached hydrogens (tertiary/aromatic N) is 1. The summed E-state index contributed by atoms with van der Waals surface area (Å²) in [6.07, 6.45) is 1.11. The Bertz CT molecular complexity index is 432. The molecule has 0 aliphatic carbocycles. The summed E-state index contributed by atoms with van der Waals surface area (Å²) in [6.45, 7) is 5.70. The van der Waals surface area contributed by atoms with Crippen LogP contribution < -0.4 is 0 Å². The molecule has 2 heterocycles. The van der Waals surface area contributed by atoms with Crippen molar-refractivity contribution in [3.8, 4) is 11.8 Å². The van der Waals surface area contributed by atoms with Gasteiger partial charge in [0.2, 0.25) is 0 Å². The number of rotatable bonds is 3. The zero-order valence-electron chi connectivity index (χ0n) is 10.7. The molecule has 1 atom stereocenters. The van der Waals surface area contributed by atoms with Crippen LogP contribution in [0, 0.1) is 11.8 Å². The Labute approximate surface area is 112 Å². The molecule has 4 heteroatoms. The van der Waals surface area contributed by atoms with Crippen molar-refractivity contribution in [2.45, 2.75) is 25.9 Å². The Morgan fingerprint density at radius 3 is 3.28 bits per heavy atom. The molecule has 2 rings (SSSR count). The lowest BCUT2D eigenvalue weighted by atomic mass is 10.1. The maximum atomic E-state index is 8.76. The fourth-order valence-electron chi connectivity index (χ4n) is 2.17. The lowest BCUT2D eigenvalue weighted by molar-refractivity contribution is -0.0123. The third-order valence-corrected chi connectivity index (χ3v) is 4.12. The molecule has 1 N–H and O–H groups in total. The number of aliphatic hydroxyl groups is 1. The number of ether oxygens (including phenoxy) is 1. The molecule has 1 aliphatic rings. The van der Waals surface area contributed by atoms with Crippen LogP contribution in [0.25, 0.3) is 0 Å². The van der Waals surface area contributed by atoms with E-state index in [1.54, 1.807) is 11.3 Å². The monoisotopic (exact) mass is 265 g/mol. The summed E-state index contributed by atoms with van der Waals surface area (Å²) in [5.74, 6) is 5.74. The van der Waals surface area contributed by atoms with Gasteiger partial charge in [0.15, 0.2) is 0 Å². The smallest absolute Gasteiger partial charge is 0.104 e. The van der Waals surface area contributed by atoms with Gasteiger partial charge in [-0.2, -0.15) is 0 Å². The van der Waals surface area contributed by atoms with Crippen LogP contribution in [0.4, 0.5) is 0 Å². The summed E-state index contributed by atoms with van der Waals surface area (Å²) in [4.78, 5) is 3.76. The predicted molar refractivity (Wildman–Crippen MR) is 73.6 cm³/mol. The molecule has 1 unspecified atom stereocenters. The van der Waals surface area contributed by atoms with E-state index in [0.29, 0.717) is 6.04 Å². The molecule has 1 saturated heterocycles. The molecule has 3 nitrogen and oxygen atoms in total. The summed E-state index contributed by atoms with van der Waals surface area (Å²) in [6, 6.07) is 2.55. The molecule has 1 aromatic heterocycles. The minimum atomic E-state index is -0.0789. The quantitative estimate of drug-likeness (QED) is 0.844. The van der Waals surface area contributed by atoms with Crippen molar-refractivity contribution in [2.75, 3.05) is 26.4 Å². The van der Waals surface area contributed by atoms with Crippen molar-refractivity contribution in [1.82, 2.24) is 4.90 Å². The van der Waals surface area contributed by atoms with E-state index in [1.165, 1.54) is 4.88 Å². The van der Waals surface area contributed by atoms with Gasteiger partial charge in [-0.3, -0.25) is 4.90 Å². The fraction of sp³-hybridized carbons (Fsp3) is 0.571. The lowest BCUT2D eigenvalue weighted by Gasteiger charge is -2.34. The van der Waals surface area contributed by atoms with Crippen molar-refractivity contribution in [1.29, 1.82) is 0 Å². The van der Waals surface area contributed by atoms with Gasteiger partial charge in [0.25, 0.3) is 0 Å². The molecular weight excluding hydrogens is 246 g/mol. The minimum absolute atomic E-state index is 0.0789. The van der Waals surface area contributed by atoms with Crippen molar-refractivity contribution in [3.05, 3.63) is 21.9 Å². The Kier molecular flexibility index (Phi) is 5.21. The minimum Gasteiger partial charge on any atom is -0.384 e. The second-order valence-corrected chi connectivity index (χ2v) is 5.33. The van der Waals surface area contributed by atoms with Crippen molar-refractivity contribution < 1.29 is 9.84 Å². The maximum Gasteiger partial charge on any atom is 0.104 e. The normalized spacial score (nSPS) is 20.4. The highest BCUT2D eigenvalue weighted by molar-refractivity contribution is 7.10. The summed E-state index contributed by atoms with van der Waals surface area (Å²) in [5.41, 5.74) is 1.05. The summed E-state index contributed by atoms with van der Waals surface area (Å²) < 4.78 is 5.52. The topological polar surface area (TPSA) is 32.7 Å². The SMILES string of the molecule is CCC1COCCN1Cc1sccc1C#CCO. The first-order valence-corrected chi connectivity index (χ1v) is 7.21. The van der Waals surface area contributed by atoms with Crippen LogP contribution in [0.2, 0.25) is 0 Å². The van der Waals surface area contributed by atoms with Crippen LogP contribution in [0.3, 0.4) is 0 Å². The van der Waals surface area contributed by atoms with E-state index in [9.17, 15) is 0 Å². The van der Waals surface area contributed by atoms with Gasteiger partial charge >= 0.3 is 0 Å². The summed E-state index contributed by atoms with van der Waals surface area (Å²) in [7, 11) is 0. The van der Waals surface area contributed by atoms with Crippen LogP contribution in [-0.4, -0.2) is 42.4 Å². The fourth-order valence-corrected chi connectivity index (χ4v) is 3.02. The van der Waals surface area contributed by atoms with Crippen LogP contribution in [0.5, 0.6) is 0 Å². The van der Waals surface area contributed by atoms with Gasteiger partial charge in [0.1, 0.15) is 6.61 Å². The van der Waals surface area contributed by atoms with Gasteiger partial charge in [0.05, 0.1) is 13.2 Å². The largest absolute Gasteiger partial charge is 0.384 e. The third kappa shape index (κ3) is 3.33. The molecule has 1 aromatic rings. The maximum absolute atomic E-state index is 8.76. The molecule has 0 spiro atoms. The molecule has 1 aliphatic heterocycles. The highest BCUT2D eigenvalue weighted by atomic mass is 32.1. The van der Waals surface area contributed by atoms with E-state index in [-0.39, 0.29) is 6.61 Å². The average molecular weight is 265 g/mol. The second-order valence-electron chi connectivity index (χ2n) is 4.32. The number of hydrogen-bond acceptors (Lipinski definition) is 4. The lowest BCUT2D eigenvalue weighted by Crippen LogP contribution is -2.44. The van der Waals surface area contributed by atoms with Gasteiger partial charge in [-0.05, 0) is 17.9 Å². The molecule has 1 fully saturated rings. The van der Waals surface area contributed by atoms with E-state index in [1.807, 2.05) is 6.07 Å². The molecule has 18 heavy (non-hydrogen) atoms. The van der Waals surface area contributed by atoms with Crippen LogP contribution in [-0.2, 0) is 11.3 Å². The number of aliphatic hydroxyl groups excluding tert-OH is 1. The van der Waals surface area contributed by atoms with Gasteiger partial charge < -0.3 is 9.84 Å². The van der Waals surface area contributed by atoms with Crippen molar-refractivity contribution in [3.63, 3.8) is 0 Å². The van der Waals surface area contributed by atoms with Crippen molar-refractivity contribution >= 4 is 11.3 Å². The zero-order valence-corrected chi connectivity index (χ0v) is 11.5. The Morgan fingerprint density at radius 1 is 1.61 bits per heavy atom. The average Bonchev–Trinajstić information content (AvgIpc) is 2.84. The molecule has 98 valence electrons. The van der Waals surface area contributed by atoms with E-state index in [2.05, 4.69) is 29.0 Å². The molecular formula is C14H19NO2S. The van der Waals surface area contributed by atoms with E-state index < -0.39 is 0 Å². The van der Waals surface area contributed by atoms with Crippen LogP contribution in [0.1, 0.15) is 23.8 Å². The van der Waals surface area contributed by atoms with Gasteiger partial charge in [0, 0.05) is 29.6 Å². The number of hydrogen-bond donors (Lipinski definition) is 1. The standard InChI is InChI=1S/C14H19NO2S/c1-2-13-11-17-8-6-15(13)10-14-12(4-3-7-16)5-9-18-14/h5,9,13,16H,2,6-8,10-11H2,1H3. The number of morpholine rings is 1. The van der Waals surface area contributed by atoms with E-state index in [4.69, 9.17) is 9.84 Å². The highest BCUT2D eigenvalue weighted by Gasteiger charge is 2.22. The van der Waals surface area contributed by atoms with E-state index >= 15 is 0 Å². The first-order chi connectivity index (χ1) is 8.85. The van der Waals surface area contributed by atoms with Gasteiger partial charge in [-0.25, -0.2) is 0 Å². The molecule has 0 radical (unpaired) electrons. The Hall–Kier alpha value is -0.860. The van der Waals surface area contributed by atoms with E-state index in [0.717, 1.165) is 38.3 Å². The number of thiophene rings is 1. The van der Waals surface area contributed by atoms with Crippen LogP contribution >= 0.6 is 11.3 Å². The van der Waals surface area contributed by atoms with Crippen molar-refractivity contribution in [2.24, 2.45) is 0 Å². The predicted octanol–water partition coefficient (Wildman–Crippen LogP) is 1.70. The molecule has 0 saturated carbocycles. The highest BCUT2D eigenvalue weighted by Crippen LogP contribution is 2.21. The van der Waals surface area contributed by atoms with Crippen LogP contribution in [0.15, 0.2) is 11.4 Å². The third-order valence-electron chi connectivity index (χ3n) is 3.21. The second kappa shape index (κ2) is 6.91. The van der Waals surface area contributed by atoms with Gasteiger partial charge in [-0.15, -0.1) is 11.3 Å². The first kappa shape index (κ1) is 13.6. The zero-order chi connectivity index (χ0) is 12.8. The molecule has 0 aromatic carbocycles. The Balaban J connectivity index is 2.06. The summed E-state index contributed by atoms with van der Waals surface area (Å²) in [5, 5.41) is 10.8. The Morgan fingerprint density at radius 2 is 2.50 bits per heavy atom. The molecule has 0 amide bonds. The summed E-state index contributed by atoms with van der Waals surface area (Å²) >= 11 is 1.74. The molecule has 0 bridgehead atoms.